The molecule has 0 saturated carbocycles. The number of nitrogens with two attached hydrogens (primary N) is 1. The first kappa shape index (κ1) is 32.6. The average Bonchev–Trinajstić information content (AvgIpc) is 3.56. The molecule has 0 saturated heterocycles. The van der Waals surface area contributed by atoms with Gasteiger partial charge in [0, 0.05) is 16.7 Å². The summed E-state index contributed by atoms with van der Waals surface area (Å²) in [6.07, 6.45) is 3.12. The maximum atomic E-state index is 12.8. The average molecular weight is 653 g/mol. The Balaban J connectivity index is 0.000000262. The molecule has 0 unspecified atom stereocenters. The zero-order chi connectivity index (χ0) is 31.6. The number of aromatic nitrogens is 2. The summed E-state index contributed by atoms with van der Waals surface area (Å²) in [5, 5.41) is 5.55. The second-order valence-electron chi connectivity index (χ2n) is 9.96. The van der Waals surface area contributed by atoms with Gasteiger partial charge in [-0.3, -0.25) is 10.1 Å². The first-order valence-corrected chi connectivity index (χ1v) is 15.7. The van der Waals surface area contributed by atoms with Crippen molar-refractivity contribution in [2.45, 2.75) is 46.8 Å². The Bertz CT molecular complexity index is 1660. The van der Waals surface area contributed by atoms with Crippen molar-refractivity contribution in [2.75, 3.05) is 11.1 Å². The fourth-order valence-electron chi connectivity index (χ4n) is 3.68. The fourth-order valence-corrected chi connectivity index (χ4v) is 5.10. The van der Waals surface area contributed by atoms with Crippen LogP contribution < -0.4 is 30.0 Å². The maximum Gasteiger partial charge on any atom is 0.257 e. The molecule has 0 aliphatic heterocycles. The van der Waals surface area contributed by atoms with Crippen LogP contribution in [-0.4, -0.2) is 28.1 Å². The van der Waals surface area contributed by atoms with Crippen molar-refractivity contribution in [3.63, 3.8) is 0 Å². The van der Waals surface area contributed by atoms with E-state index in [0.29, 0.717) is 48.2 Å². The Labute approximate surface area is 269 Å². The molecular weight excluding hydrogens is 620 g/mol. The number of anilines is 2. The summed E-state index contributed by atoms with van der Waals surface area (Å²) in [5.41, 5.74) is 7.07. The molecule has 1 amide bonds. The van der Waals surface area contributed by atoms with Gasteiger partial charge in [0.15, 0.2) is 10.3 Å². The minimum Gasteiger partial charge on any atom is -0.491 e. The predicted molar refractivity (Wildman–Crippen MR) is 177 cm³/mol. The lowest BCUT2D eigenvalue weighted by atomic mass is 10.2. The Hall–Kier alpha value is -4.32. The van der Waals surface area contributed by atoms with Crippen LogP contribution >= 0.6 is 34.3 Å². The number of carbonyl (C=O) groups excluding carboxylic acids is 1. The quantitative estimate of drug-likeness (QED) is 0.153. The van der Waals surface area contributed by atoms with Gasteiger partial charge in [-0.15, -0.1) is 0 Å². The summed E-state index contributed by atoms with van der Waals surface area (Å²) >= 11 is 8.52. The molecule has 0 atom stereocenters. The van der Waals surface area contributed by atoms with Crippen LogP contribution in [0.2, 0.25) is 5.02 Å². The molecule has 12 heteroatoms. The zero-order valence-electron chi connectivity index (χ0n) is 24.9. The summed E-state index contributed by atoms with van der Waals surface area (Å²) in [7, 11) is 0. The largest absolute Gasteiger partial charge is 0.491 e. The lowest BCUT2D eigenvalue weighted by molar-refractivity contribution is 0.102. The lowest BCUT2D eigenvalue weighted by Gasteiger charge is -2.15. The smallest absolute Gasteiger partial charge is 0.257 e. The van der Waals surface area contributed by atoms with E-state index in [2.05, 4.69) is 15.3 Å². The van der Waals surface area contributed by atoms with Gasteiger partial charge < -0.3 is 24.7 Å². The molecule has 5 rings (SSSR count). The predicted octanol–water partition coefficient (Wildman–Crippen LogP) is 9.24. The Morgan fingerprint density at radius 3 is 1.95 bits per heavy atom. The van der Waals surface area contributed by atoms with E-state index in [1.165, 1.54) is 28.2 Å². The molecule has 0 aliphatic carbocycles. The van der Waals surface area contributed by atoms with Crippen molar-refractivity contribution >= 4 is 50.4 Å². The van der Waals surface area contributed by atoms with Crippen molar-refractivity contribution in [3.8, 4) is 33.1 Å². The van der Waals surface area contributed by atoms with E-state index in [0.717, 1.165) is 5.75 Å². The van der Waals surface area contributed by atoms with Gasteiger partial charge in [-0.25, -0.2) is 9.97 Å². The third-order valence-corrected chi connectivity index (χ3v) is 7.05. The summed E-state index contributed by atoms with van der Waals surface area (Å²) in [6, 6.07) is 20.0. The molecule has 0 bridgehead atoms. The second kappa shape index (κ2) is 15.4. The van der Waals surface area contributed by atoms with E-state index >= 15 is 0 Å². The summed E-state index contributed by atoms with van der Waals surface area (Å²) in [4.78, 5) is 20.9. The number of hydrogen-bond acceptors (Lipinski definition) is 10. The molecule has 0 aliphatic rings. The van der Waals surface area contributed by atoms with Crippen molar-refractivity contribution in [1.29, 1.82) is 0 Å². The number of ether oxygens (including phenoxy) is 4. The first-order chi connectivity index (χ1) is 21.0. The summed E-state index contributed by atoms with van der Waals surface area (Å²) in [6.45, 7) is 9.72. The van der Waals surface area contributed by atoms with Gasteiger partial charge in [-0.2, -0.15) is 0 Å². The third kappa shape index (κ3) is 10.4. The van der Waals surface area contributed by atoms with Crippen molar-refractivity contribution < 1.29 is 23.7 Å². The Morgan fingerprint density at radius 2 is 1.39 bits per heavy atom. The normalized spacial score (nSPS) is 10.6. The number of carbonyl (C=O) groups is 1. The standard InChI is InChI=1S/C22H23ClN2O4S.C10H10N2OS/c1-13(2)27-18-8-15(9-19(11-18)28-14(3)4)21(26)25-22-24-12-20(30-22)29-17-7-5-6-16(23)10-17;1-7-3-2-4-8(5-7)13-9-6-12-10(11)14-9/h5-14H,1-4H3,(H,24,25,26);2-6H,1H3,(H2,11,12). The molecule has 0 radical (unpaired) electrons. The number of hydrogen-bond donors (Lipinski definition) is 2. The number of nitrogens with one attached hydrogen (secondary N) is 1. The van der Waals surface area contributed by atoms with E-state index in [1.54, 1.807) is 54.9 Å². The molecule has 44 heavy (non-hydrogen) atoms. The van der Waals surface area contributed by atoms with Crippen LogP contribution in [0.15, 0.2) is 79.1 Å². The van der Waals surface area contributed by atoms with Gasteiger partial charge in [0.25, 0.3) is 5.91 Å². The van der Waals surface area contributed by atoms with E-state index in [1.807, 2.05) is 58.9 Å². The van der Waals surface area contributed by atoms with Gasteiger partial charge in [-0.1, -0.05) is 52.5 Å². The molecule has 0 fully saturated rings. The topological polar surface area (TPSA) is 118 Å². The second-order valence-corrected chi connectivity index (χ2v) is 12.4. The minimum atomic E-state index is -0.318. The Kier molecular flexibility index (Phi) is 11.4. The van der Waals surface area contributed by atoms with Crippen LogP contribution in [0.1, 0.15) is 43.6 Å². The third-order valence-electron chi connectivity index (χ3n) is 5.32. The van der Waals surface area contributed by atoms with Crippen LogP contribution in [0.25, 0.3) is 0 Å². The number of halogens is 1. The van der Waals surface area contributed by atoms with Crippen molar-refractivity contribution in [3.05, 3.63) is 95.3 Å². The summed E-state index contributed by atoms with van der Waals surface area (Å²) < 4.78 is 22.8. The van der Waals surface area contributed by atoms with E-state index in [-0.39, 0.29) is 18.1 Å². The van der Waals surface area contributed by atoms with E-state index in [4.69, 9.17) is 36.3 Å². The number of nitrogens with zero attached hydrogens (tertiary/aromatic N) is 2. The van der Waals surface area contributed by atoms with Gasteiger partial charge in [0.2, 0.25) is 10.1 Å². The fraction of sp³-hybridized carbons (Fsp3) is 0.219. The Morgan fingerprint density at radius 1 is 0.795 bits per heavy atom. The number of benzene rings is 3. The van der Waals surface area contributed by atoms with Crippen LogP contribution in [-0.2, 0) is 0 Å². The molecule has 2 aromatic heterocycles. The monoisotopic (exact) mass is 652 g/mol. The number of aryl methyl sites for hydroxylation is 1. The zero-order valence-corrected chi connectivity index (χ0v) is 27.3. The highest BCUT2D eigenvalue weighted by Crippen LogP contribution is 2.32. The van der Waals surface area contributed by atoms with Gasteiger partial charge >= 0.3 is 0 Å². The number of rotatable bonds is 10. The van der Waals surface area contributed by atoms with Gasteiger partial charge in [-0.05, 0) is 82.6 Å². The maximum absolute atomic E-state index is 12.8. The van der Waals surface area contributed by atoms with Crippen LogP contribution in [0.3, 0.4) is 0 Å². The molecule has 230 valence electrons. The lowest BCUT2D eigenvalue weighted by Crippen LogP contribution is -2.14. The molecule has 2 heterocycles. The van der Waals surface area contributed by atoms with Crippen LogP contribution in [0, 0.1) is 6.92 Å². The summed E-state index contributed by atoms with van der Waals surface area (Å²) in [5.74, 6) is 2.22. The highest BCUT2D eigenvalue weighted by Gasteiger charge is 2.15. The molecule has 5 aromatic rings. The number of amides is 1. The van der Waals surface area contributed by atoms with Gasteiger partial charge in [0.05, 0.1) is 24.6 Å². The highest BCUT2D eigenvalue weighted by atomic mass is 35.5. The number of thiazole rings is 2. The minimum absolute atomic E-state index is 0.0274. The molecule has 0 spiro atoms. The first-order valence-electron chi connectivity index (χ1n) is 13.7. The molecule has 3 N–H and O–H groups in total. The number of nitrogen functional groups attached to an aromatic ring is 1. The van der Waals surface area contributed by atoms with Gasteiger partial charge in [0.1, 0.15) is 23.0 Å². The van der Waals surface area contributed by atoms with Crippen LogP contribution in [0.4, 0.5) is 10.3 Å². The van der Waals surface area contributed by atoms with E-state index < -0.39 is 0 Å². The highest BCUT2D eigenvalue weighted by molar-refractivity contribution is 7.17. The van der Waals surface area contributed by atoms with E-state index in [9.17, 15) is 4.79 Å². The van der Waals surface area contributed by atoms with Crippen molar-refractivity contribution in [1.82, 2.24) is 9.97 Å². The van der Waals surface area contributed by atoms with Crippen LogP contribution in [0.5, 0.6) is 33.1 Å². The molecule has 3 aromatic carbocycles. The SMILES string of the molecule is CC(C)Oc1cc(OC(C)C)cc(C(=O)Nc2ncc(Oc3cccc(Cl)c3)s2)c1.Cc1cccc(Oc2cnc(N)s2)c1. The van der Waals surface area contributed by atoms with Crippen molar-refractivity contribution in [2.24, 2.45) is 0 Å². The molecular formula is C32H33ClN4O5S2. The molecule has 9 nitrogen and oxygen atoms in total.